The van der Waals surface area contributed by atoms with E-state index in [0.29, 0.717) is 6.54 Å². The van der Waals surface area contributed by atoms with E-state index in [0.717, 1.165) is 6.54 Å². The van der Waals surface area contributed by atoms with Gasteiger partial charge in [0.1, 0.15) is 12.6 Å². The standard InChI is InChI=1S/C12H25N3O3.ClH/c1-9(2)11(14-10(16)8-18-5)12(17)15(4)7-6-13-3;/h9,11,13H,6-8H2,1-5H3,(H,14,16);1H/t11-;/m0./s1. The van der Waals surface area contributed by atoms with Gasteiger partial charge < -0.3 is 20.3 Å². The van der Waals surface area contributed by atoms with Gasteiger partial charge in [-0.3, -0.25) is 9.59 Å². The maximum absolute atomic E-state index is 12.2. The first-order valence-corrected chi connectivity index (χ1v) is 6.11. The lowest BCUT2D eigenvalue weighted by Crippen LogP contribution is -2.51. The number of nitrogens with zero attached hydrogens (tertiary/aromatic N) is 1. The molecule has 1 atom stereocenters. The van der Waals surface area contributed by atoms with Crippen LogP contribution in [0.1, 0.15) is 13.8 Å². The first-order valence-electron chi connectivity index (χ1n) is 6.11. The fraction of sp³-hybridized carbons (Fsp3) is 0.833. The average molecular weight is 296 g/mol. The molecule has 0 saturated carbocycles. The highest BCUT2D eigenvalue weighted by Gasteiger charge is 2.26. The first-order chi connectivity index (χ1) is 8.43. The SMILES string of the molecule is CNCCN(C)C(=O)[C@@H](NC(=O)COC)C(C)C.Cl. The number of carbonyl (C=O) groups is 2. The van der Waals surface area contributed by atoms with Gasteiger partial charge in [0, 0.05) is 27.2 Å². The van der Waals surface area contributed by atoms with Crippen molar-refractivity contribution in [1.82, 2.24) is 15.5 Å². The van der Waals surface area contributed by atoms with Gasteiger partial charge in [-0.05, 0) is 13.0 Å². The molecule has 0 bridgehead atoms. The molecular weight excluding hydrogens is 270 g/mol. The molecule has 2 amide bonds. The fourth-order valence-electron chi connectivity index (χ4n) is 1.49. The monoisotopic (exact) mass is 295 g/mol. The number of halogens is 1. The second-order valence-electron chi connectivity index (χ2n) is 4.59. The maximum Gasteiger partial charge on any atom is 0.246 e. The van der Waals surface area contributed by atoms with Gasteiger partial charge in [0.25, 0.3) is 0 Å². The van der Waals surface area contributed by atoms with E-state index in [-0.39, 0.29) is 36.7 Å². The largest absolute Gasteiger partial charge is 0.375 e. The highest BCUT2D eigenvalue weighted by Crippen LogP contribution is 2.05. The molecule has 0 aromatic carbocycles. The normalized spacial score (nSPS) is 11.7. The summed E-state index contributed by atoms with van der Waals surface area (Å²) in [6, 6.07) is -0.505. The molecule has 0 aliphatic rings. The summed E-state index contributed by atoms with van der Waals surface area (Å²) < 4.78 is 4.74. The summed E-state index contributed by atoms with van der Waals surface area (Å²) in [7, 11) is 5.01. The lowest BCUT2D eigenvalue weighted by atomic mass is 10.0. The van der Waals surface area contributed by atoms with Crippen molar-refractivity contribution in [2.24, 2.45) is 5.92 Å². The van der Waals surface area contributed by atoms with Gasteiger partial charge >= 0.3 is 0 Å². The Morgan fingerprint density at radius 3 is 2.32 bits per heavy atom. The second-order valence-corrected chi connectivity index (χ2v) is 4.59. The van der Waals surface area contributed by atoms with Crippen molar-refractivity contribution in [3.63, 3.8) is 0 Å². The lowest BCUT2D eigenvalue weighted by molar-refractivity contribution is -0.137. The molecule has 7 heteroatoms. The number of hydrogen-bond acceptors (Lipinski definition) is 4. The van der Waals surface area contributed by atoms with Crippen LogP contribution in [-0.4, -0.2) is 63.7 Å². The zero-order chi connectivity index (χ0) is 14.1. The number of carbonyl (C=O) groups excluding carboxylic acids is 2. The molecule has 0 aromatic heterocycles. The minimum absolute atomic E-state index is 0. The minimum Gasteiger partial charge on any atom is -0.375 e. The van der Waals surface area contributed by atoms with Crippen LogP contribution in [0.2, 0.25) is 0 Å². The van der Waals surface area contributed by atoms with Gasteiger partial charge in [-0.1, -0.05) is 13.8 Å². The molecule has 0 rings (SSSR count). The molecule has 0 heterocycles. The van der Waals surface area contributed by atoms with Gasteiger partial charge in [-0.2, -0.15) is 0 Å². The number of hydrogen-bond donors (Lipinski definition) is 2. The van der Waals surface area contributed by atoms with Crippen molar-refractivity contribution in [2.75, 3.05) is 40.9 Å². The molecular formula is C12H26ClN3O3. The molecule has 2 N–H and O–H groups in total. The lowest BCUT2D eigenvalue weighted by Gasteiger charge is -2.27. The van der Waals surface area contributed by atoms with Crippen LogP contribution < -0.4 is 10.6 Å². The van der Waals surface area contributed by atoms with Crippen LogP contribution in [-0.2, 0) is 14.3 Å². The van der Waals surface area contributed by atoms with Gasteiger partial charge in [-0.15, -0.1) is 12.4 Å². The Labute approximate surface area is 121 Å². The summed E-state index contributed by atoms with van der Waals surface area (Å²) in [6.07, 6.45) is 0. The van der Waals surface area contributed by atoms with Crippen LogP contribution in [0.25, 0.3) is 0 Å². The zero-order valence-electron chi connectivity index (χ0n) is 12.4. The summed E-state index contributed by atoms with van der Waals surface area (Å²) in [5.74, 6) is -0.313. The molecule has 0 unspecified atom stereocenters. The molecule has 0 saturated heterocycles. The van der Waals surface area contributed by atoms with Crippen molar-refractivity contribution >= 4 is 24.2 Å². The number of rotatable bonds is 8. The Hall–Kier alpha value is -0.850. The molecule has 0 aliphatic heterocycles. The predicted octanol–water partition coefficient (Wildman–Crippen LogP) is -0.127. The Bertz CT molecular complexity index is 275. The molecule has 0 spiro atoms. The van der Waals surface area contributed by atoms with Crippen molar-refractivity contribution < 1.29 is 14.3 Å². The van der Waals surface area contributed by atoms with E-state index in [9.17, 15) is 9.59 Å². The molecule has 19 heavy (non-hydrogen) atoms. The Balaban J connectivity index is 0. The first kappa shape index (κ1) is 20.5. The number of nitrogens with one attached hydrogen (secondary N) is 2. The second kappa shape index (κ2) is 11.0. The third-order valence-corrected chi connectivity index (χ3v) is 2.60. The van der Waals surface area contributed by atoms with Crippen molar-refractivity contribution in [2.45, 2.75) is 19.9 Å². The van der Waals surface area contributed by atoms with Crippen LogP contribution in [0.3, 0.4) is 0 Å². The van der Waals surface area contributed by atoms with E-state index < -0.39 is 6.04 Å². The summed E-state index contributed by atoms with van der Waals surface area (Å²) in [6.45, 7) is 5.11. The third kappa shape index (κ3) is 8.02. The number of likely N-dealkylation sites (N-methyl/N-ethyl adjacent to an activating group) is 2. The molecule has 0 aromatic rings. The van der Waals surface area contributed by atoms with Crippen molar-refractivity contribution in [3.8, 4) is 0 Å². The maximum atomic E-state index is 12.2. The van der Waals surface area contributed by atoms with Crippen LogP contribution in [0.4, 0.5) is 0 Å². The molecule has 6 nitrogen and oxygen atoms in total. The highest BCUT2D eigenvalue weighted by atomic mass is 35.5. The van der Waals surface area contributed by atoms with E-state index >= 15 is 0 Å². The fourth-order valence-corrected chi connectivity index (χ4v) is 1.49. The Morgan fingerprint density at radius 2 is 1.89 bits per heavy atom. The summed E-state index contributed by atoms with van der Waals surface area (Å²) in [5, 5.41) is 5.68. The van der Waals surface area contributed by atoms with Gasteiger partial charge in [0.05, 0.1) is 0 Å². The van der Waals surface area contributed by atoms with E-state index in [1.807, 2.05) is 20.9 Å². The smallest absolute Gasteiger partial charge is 0.246 e. The van der Waals surface area contributed by atoms with E-state index in [1.165, 1.54) is 7.11 Å². The molecule has 114 valence electrons. The third-order valence-electron chi connectivity index (χ3n) is 2.60. The van der Waals surface area contributed by atoms with Crippen LogP contribution in [0, 0.1) is 5.92 Å². The van der Waals surface area contributed by atoms with Crippen LogP contribution in [0.5, 0.6) is 0 Å². The number of amides is 2. The van der Waals surface area contributed by atoms with Crippen molar-refractivity contribution in [1.29, 1.82) is 0 Å². The van der Waals surface area contributed by atoms with Crippen LogP contribution in [0.15, 0.2) is 0 Å². The summed E-state index contributed by atoms with van der Waals surface area (Å²) >= 11 is 0. The average Bonchev–Trinajstić information content (AvgIpc) is 2.32. The van der Waals surface area contributed by atoms with Crippen molar-refractivity contribution in [3.05, 3.63) is 0 Å². The summed E-state index contributed by atoms with van der Waals surface area (Å²) in [4.78, 5) is 25.3. The van der Waals surface area contributed by atoms with Crippen LogP contribution >= 0.6 is 12.4 Å². The van der Waals surface area contributed by atoms with Gasteiger partial charge in [0.2, 0.25) is 11.8 Å². The molecule has 0 radical (unpaired) electrons. The number of methoxy groups -OCH3 is 1. The topological polar surface area (TPSA) is 70.7 Å². The quantitative estimate of drug-likeness (QED) is 0.655. The summed E-state index contributed by atoms with van der Waals surface area (Å²) in [5.41, 5.74) is 0. The van der Waals surface area contributed by atoms with E-state index in [2.05, 4.69) is 10.6 Å². The Kier molecular flexibility index (Phi) is 11.9. The number of ether oxygens (including phenoxy) is 1. The highest BCUT2D eigenvalue weighted by molar-refractivity contribution is 5.88. The molecule has 0 fully saturated rings. The Morgan fingerprint density at radius 1 is 1.32 bits per heavy atom. The van der Waals surface area contributed by atoms with Gasteiger partial charge in [0.15, 0.2) is 0 Å². The zero-order valence-corrected chi connectivity index (χ0v) is 13.2. The predicted molar refractivity (Wildman–Crippen MR) is 77.5 cm³/mol. The molecule has 0 aliphatic carbocycles. The van der Waals surface area contributed by atoms with E-state index in [1.54, 1.807) is 11.9 Å². The van der Waals surface area contributed by atoms with E-state index in [4.69, 9.17) is 4.74 Å². The minimum atomic E-state index is -0.505. The van der Waals surface area contributed by atoms with Gasteiger partial charge in [-0.25, -0.2) is 0 Å².